The van der Waals surface area contributed by atoms with Crippen LogP contribution in [0.1, 0.15) is 27.0 Å². The van der Waals surface area contributed by atoms with Crippen molar-refractivity contribution in [1.29, 1.82) is 0 Å². The molecule has 2 aromatic carbocycles. The molecule has 3 nitrogen and oxygen atoms in total. The number of nitrogens with one attached hydrogen (secondary N) is 1. The maximum atomic E-state index is 13.5. The molecule has 2 aromatic rings. The number of hydrogen-bond donors (Lipinski definition) is 2. The highest BCUT2D eigenvalue weighted by molar-refractivity contribution is 5.96. The van der Waals surface area contributed by atoms with E-state index in [1.54, 1.807) is 24.3 Å². The lowest BCUT2D eigenvalue weighted by molar-refractivity contribution is 0.0950. The number of halogens is 1. The molecule has 0 saturated heterocycles. The number of hydrogen-bond acceptors (Lipinski definition) is 2. The Labute approximate surface area is 117 Å². The van der Waals surface area contributed by atoms with Gasteiger partial charge in [0.25, 0.3) is 5.91 Å². The van der Waals surface area contributed by atoms with Gasteiger partial charge in [-0.25, -0.2) is 4.39 Å². The molecule has 1 amide bonds. The first-order valence-corrected chi connectivity index (χ1v) is 6.37. The van der Waals surface area contributed by atoms with Crippen LogP contribution in [-0.2, 0) is 6.54 Å². The van der Waals surface area contributed by atoms with Gasteiger partial charge in [-0.1, -0.05) is 24.3 Å². The van der Waals surface area contributed by atoms with E-state index in [-0.39, 0.29) is 18.3 Å². The van der Waals surface area contributed by atoms with E-state index in [0.29, 0.717) is 16.8 Å². The van der Waals surface area contributed by atoms with Crippen molar-refractivity contribution < 1.29 is 9.18 Å². The predicted molar refractivity (Wildman–Crippen MR) is 77.9 cm³/mol. The van der Waals surface area contributed by atoms with Crippen LogP contribution < -0.4 is 11.1 Å². The number of carbonyl (C=O) groups is 1. The van der Waals surface area contributed by atoms with Crippen LogP contribution in [0.3, 0.4) is 0 Å². The van der Waals surface area contributed by atoms with Gasteiger partial charge in [-0.3, -0.25) is 4.79 Å². The smallest absolute Gasteiger partial charge is 0.251 e. The van der Waals surface area contributed by atoms with E-state index in [2.05, 4.69) is 5.32 Å². The van der Waals surface area contributed by atoms with Crippen LogP contribution in [0.2, 0.25) is 0 Å². The number of nitrogens with two attached hydrogens (primary N) is 1. The predicted octanol–water partition coefficient (Wildman–Crippen LogP) is 2.95. The molecule has 0 aliphatic carbocycles. The van der Waals surface area contributed by atoms with Crippen molar-refractivity contribution >= 4 is 11.6 Å². The SMILES string of the molecule is Cc1cc(C)c(C(=O)NCc2ccccc2F)cc1N. The molecule has 0 aromatic heterocycles. The van der Waals surface area contributed by atoms with E-state index in [9.17, 15) is 9.18 Å². The van der Waals surface area contributed by atoms with Crippen LogP contribution in [-0.4, -0.2) is 5.91 Å². The summed E-state index contributed by atoms with van der Waals surface area (Å²) in [5.41, 5.74) is 9.16. The Morgan fingerprint density at radius 1 is 1.20 bits per heavy atom. The van der Waals surface area contributed by atoms with Gasteiger partial charge in [0.05, 0.1) is 0 Å². The van der Waals surface area contributed by atoms with Crippen molar-refractivity contribution in [2.75, 3.05) is 5.73 Å². The topological polar surface area (TPSA) is 55.1 Å². The minimum atomic E-state index is -0.326. The highest BCUT2D eigenvalue weighted by Gasteiger charge is 2.11. The molecule has 0 aliphatic rings. The molecular formula is C16H17FN2O. The summed E-state index contributed by atoms with van der Waals surface area (Å²) >= 11 is 0. The normalized spacial score (nSPS) is 10.3. The Balaban J connectivity index is 2.13. The first-order valence-electron chi connectivity index (χ1n) is 6.37. The van der Waals surface area contributed by atoms with E-state index in [4.69, 9.17) is 5.73 Å². The standard InChI is InChI=1S/C16H17FN2O/c1-10-7-11(2)15(18)8-13(10)16(20)19-9-12-5-3-4-6-14(12)17/h3-8H,9,18H2,1-2H3,(H,19,20). The first kappa shape index (κ1) is 14.1. The van der Waals surface area contributed by atoms with E-state index >= 15 is 0 Å². The lowest BCUT2D eigenvalue weighted by Crippen LogP contribution is -2.24. The molecular weight excluding hydrogens is 255 g/mol. The number of aryl methyl sites for hydroxylation is 2. The second-order valence-electron chi connectivity index (χ2n) is 4.80. The first-order chi connectivity index (χ1) is 9.49. The van der Waals surface area contributed by atoms with Gasteiger partial charge in [0.2, 0.25) is 0 Å². The van der Waals surface area contributed by atoms with Gasteiger partial charge in [0, 0.05) is 23.4 Å². The third-order valence-corrected chi connectivity index (χ3v) is 3.25. The molecule has 3 N–H and O–H groups in total. The molecule has 2 rings (SSSR count). The zero-order valence-corrected chi connectivity index (χ0v) is 11.5. The molecule has 0 spiro atoms. The molecule has 0 radical (unpaired) electrons. The van der Waals surface area contributed by atoms with Crippen LogP contribution in [0.4, 0.5) is 10.1 Å². The van der Waals surface area contributed by atoms with Gasteiger partial charge < -0.3 is 11.1 Å². The summed E-state index contributed by atoms with van der Waals surface area (Å²) in [5, 5.41) is 2.71. The fourth-order valence-electron chi connectivity index (χ4n) is 2.03. The molecule has 20 heavy (non-hydrogen) atoms. The van der Waals surface area contributed by atoms with Crippen molar-refractivity contribution in [2.24, 2.45) is 0 Å². The van der Waals surface area contributed by atoms with Crippen molar-refractivity contribution in [3.8, 4) is 0 Å². The summed E-state index contributed by atoms with van der Waals surface area (Å²) < 4.78 is 13.5. The lowest BCUT2D eigenvalue weighted by atomic mass is 10.0. The summed E-state index contributed by atoms with van der Waals surface area (Å²) in [5.74, 6) is -0.578. The number of benzene rings is 2. The van der Waals surface area contributed by atoms with Crippen LogP contribution in [0.5, 0.6) is 0 Å². The average molecular weight is 272 g/mol. The van der Waals surface area contributed by atoms with Gasteiger partial charge in [-0.15, -0.1) is 0 Å². The molecule has 0 aliphatic heterocycles. The van der Waals surface area contributed by atoms with Crippen molar-refractivity contribution in [2.45, 2.75) is 20.4 Å². The second kappa shape index (κ2) is 5.74. The molecule has 0 heterocycles. The van der Waals surface area contributed by atoms with Crippen molar-refractivity contribution in [1.82, 2.24) is 5.32 Å². The number of nitrogen functional groups attached to an aromatic ring is 1. The zero-order valence-electron chi connectivity index (χ0n) is 11.5. The highest BCUT2D eigenvalue weighted by atomic mass is 19.1. The Hall–Kier alpha value is -2.36. The maximum Gasteiger partial charge on any atom is 0.251 e. The number of amides is 1. The summed E-state index contributed by atoms with van der Waals surface area (Å²) in [6.45, 7) is 3.90. The molecule has 104 valence electrons. The van der Waals surface area contributed by atoms with E-state index in [1.165, 1.54) is 6.07 Å². The summed E-state index contributed by atoms with van der Waals surface area (Å²) in [6.07, 6.45) is 0. The van der Waals surface area contributed by atoms with Crippen molar-refractivity contribution in [3.05, 3.63) is 64.5 Å². The van der Waals surface area contributed by atoms with Gasteiger partial charge >= 0.3 is 0 Å². The Morgan fingerprint density at radius 3 is 2.60 bits per heavy atom. The third-order valence-electron chi connectivity index (χ3n) is 3.25. The van der Waals surface area contributed by atoms with E-state index in [0.717, 1.165) is 11.1 Å². The summed E-state index contributed by atoms with van der Waals surface area (Å²) in [7, 11) is 0. The fraction of sp³-hybridized carbons (Fsp3) is 0.188. The fourth-order valence-corrected chi connectivity index (χ4v) is 2.03. The molecule has 4 heteroatoms. The molecule has 0 saturated carbocycles. The minimum absolute atomic E-state index is 0.152. The number of rotatable bonds is 3. The summed E-state index contributed by atoms with van der Waals surface area (Å²) in [4.78, 5) is 12.1. The largest absolute Gasteiger partial charge is 0.398 e. The van der Waals surface area contributed by atoms with Crippen LogP contribution in [0.15, 0.2) is 36.4 Å². The Morgan fingerprint density at radius 2 is 1.90 bits per heavy atom. The second-order valence-corrected chi connectivity index (χ2v) is 4.80. The minimum Gasteiger partial charge on any atom is -0.398 e. The van der Waals surface area contributed by atoms with E-state index < -0.39 is 0 Å². The number of anilines is 1. The highest BCUT2D eigenvalue weighted by Crippen LogP contribution is 2.18. The molecule has 0 unspecified atom stereocenters. The molecule has 0 fully saturated rings. The monoisotopic (exact) mass is 272 g/mol. The maximum absolute atomic E-state index is 13.5. The van der Waals surface area contributed by atoms with Gasteiger partial charge in [0.15, 0.2) is 0 Å². The van der Waals surface area contributed by atoms with Crippen LogP contribution in [0.25, 0.3) is 0 Å². The molecule has 0 bridgehead atoms. The van der Waals surface area contributed by atoms with E-state index in [1.807, 2.05) is 19.9 Å². The third kappa shape index (κ3) is 2.96. The zero-order chi connectivity index (χ0) is 14.7. The van der Waals surface area contributed by atoms with Gasteiger partial charge in [-0.2, -0.15) is 0 Å². The number of carbonyl (C=O) groups excluding carboxylic acids is 1. The lowest BCUT2D eigenvalue weighted by Gasteiger charge is -2.10. The van der Waals surface area contributed by atoms with Gasteiger partial charge in [0.1, 0.15) is 5.82 Å². The summed E-state index contributed by atoms with van der Waals surface area (Å²) in [6, 6.07) is 9.89. The van der Waals surface area contributed by atoms with Crippen LogP contribution in [0, 0.1) is 19.7 Å². The molecule has 0 atom stereocenters. The van der Waals surface area contributed by atoms with Crippen LogP contribution >= 0.6 is 0 Å². The van der Waals surface area contributed by atoms with Gasteiger partial charge in [-0.05, 0) is 37.1 Å². The quantitative estimate of drug-likeness (QED) is 0.844. The Kier molecular flexibility index (Phi) is 4.03. The Bertz CT molecular complexity index is 653. The average Bonchev–Trinajstić information content (AvgIpc) is 2.41. The van der Waals surface area contributed by atoms with Crippen molar-refractivity contribution in [3.63, 3.8) is 0 Å².